The Hall–Kier alpha value is -4.10. The Morgan fingerprint density at radius 1 is 0.396 bits per heavy atom. The van der Waals surface area contributed by atoms with Gasteiger partial charge in [0.25, 0.3) is 0 Å². The summed E-state index contributed by atoms with van der Waals surface area (Å²) < 4.78 is 84.3. The standard InChI is InChI=1S/C56H102N6O29/c1-36(66)60-39-29-40(69)41(30-63)89-53(39)86-26-23-80-20-17-77-14-8-57-44(70)5-11-83-33-56(4,34-84-12-6-45(71)58-9-15-78-18-21-81-24-27-87-54-47(61-37(2)67)51(75)49(73)42(31-64)90-54)35-85-13-7-46(72)59-10-16-79-19-22-82-25-28-88-55-48(62-38(3)68)52(76)50(74)43(32-65)91-55/h39-43,47-55,63-65,69,73-76H,5-35H2,1-4H3,(H,57,70)(H,58,71)(H,59,72)(H,60,66)(H,61,67)(H,62,68). The summed E-state index contributed by atoms with van der Waals surface area (Å²) >= 11 is 0. The molecule has 14 N–H and O–H groups in total. The van der Waals surface area contributed by atoms with Gasteiger partial charge in [-0.25, -0.2) is 0 Å². The van der Waals surface area contributed by atoms with Crippen molar-refractivity contribution >= 4 is 35.4 Å². The van der Waals surface area contributed by atoms with E-state index in [9.17, 15) is 69.6 Å². The van der Waals surface area contributed by atoms with Crippen LogP contribution in [0.2, 0.25) is 0 Å². The molecule has 6 amide bonds. The van der Waals surface area contributed by atoms with Crippen LogP contribution < -0.4 is 31.9 Å². The number of amides is 6. The fourth-order valence-corrected chi connectivity index (χ4v) is 9.08. The van der Waals surface area contributed by atoms with Gasteiger partial charge in [-0.05, 0) is 0 Å². The number of aliphatic hydroxyl groups is 8. The second-order valence-electron chi connectivity index (χ2n) is 21.8. The third-order valence-electron chi connectivity index (χ3n) is 13.8. The van der Waals surface area contributed by atoms with Crippen LogP contribution in [0.1, 0.15) is 53.4 Å². The fourth-order valence-electron chi connectivity index (χ4n) is 9.08. The molecule has 14 unspecified atom stereocenters. The first-order valence-corrected chi connectivity index (χ1v) is 30.6. The van der Waals surface area contributed by atoms with Crippen molar-refractivity contribution in [2.45, 2.75) is 139 Å². The van der Waals surface area contributed by atoms with Gasteiger partial charge < -0.3 is 144 Å². The van der Waals surface area contributed by atoms with Crippen molar-refractivity contribution in [1.82, 2.24) is 31.9 Å². The zero-order chi connectivity index (χ0) is 66.8. The van der Waals surface area contributed by atoms with Gasteiger partial charge in [0.1, 0.15) is 54.8 Å². The Bertz CT molecular complexity index is 1920. The summed E-state index contributed by atoms with van der Waals surface area (Å²) in [5.41, 5.74) is -0.761. The van der Waals surface area contributed by atoms with E-state index in [1.54, 1.807) is 0 Å². The molecule has 3 rings (SSSR count). The summed E-state index contributed by atoms with van der Waals surface area (Å²) in [6, 6.07) is -2.74. The molecule has 3 fully saturated rings. The van der Waals surface area contributed by atoms with E-state index < -0.39 is 123 Å². The minimum absolute atomic E-state index is 0.00220. The highest BCUT2D eigenvalue weighted by Crippen LogP contribution is 2.25. The summed E-state index contributed by atoms with van der Waals surface area (Å²) in [5, 5.41) is 95.6. The summed E-state index contributed by atoms with van der Waals surface area (Å²) in [4.78, 5) is 72.6. The van der Waals surface area contributed by atoms with Crippen LogP contribution in [-0.2, 0) is 99.8 Å². The molecule has 0 spiro atoms. The molecule has 3 heterocycles. The van der Waals surface area contributed by atoms with Gasteiger partial charge in [0.05, 0.1) is 171 Å². The largest absolute Gasteiger partial charge is 0.394 e. The first-order valence-electron chi connectivity index (χ1n) is 30.6. The number of aliphatic hydroxyl groups excluding tert-OH is 8. The van der Waals surface area contributed by atoms with Crippen LogP contribution in [0.4, 0.5) is 0 Å². The van der Waals surface area contributed by atoms with Gasteiger partial charge >= 0.3 is 0 Å². The van der Waals surface area contributed by atoms with E-state index in [1.807, 2.05) is 6.92 Å². The molecule has 530 valence electrons. The number of nitrogens with one attached hydrogen (secondary N) is 6. The van der Waals surface area contributed by atoms with Crippen molar-refractivity contribution < 1.29 is 141 Å². The minimum atomic E-state index is -1.43. The Balaban J connectivity index is 1.30. The molecule has 3 saturated heterocycles. The summed E-state index contributed by atoms with van der Waals surface area (Å²) in [6.07, 6.45) is -12.6. The van der Waals surface area contributed by atoms with Gasteiger partial charge in [0.15, 0.2) is 18.9 Å². The Morgan fingerprint density at radius 3 is 1.03 bits per heavy atom. The number of rotatable bonds is 51. The molecule has 0 saturated carbocycles. The molecule has 35 nitrogen and oxygen atoms in total. The first kappa shape index (κ1) is 81.1. The third kappa shape index (κ3) is 34.2. The first-order chi connectivity index (χ1) is 43.7. The van der Waals surface area contributed by atoms with Gasteiger partial charge in [-0.1, -0.05) is 6.92 Å². The van der Waals surface area contributed by atoms with E-state index in [0.717, 1.165) is 0 Å². The maximum atomic E-state index is 12.6. The molecule has 0 bridgehead atoms. The molecule has 0 aromatic carbocycles. The summed E-state index contributed by atoms with van der Waals surface area (Å²) in [6.45, 7) is 7.63. The maximum Gasteiger partial charge on any atom is 0.222 e. The molecule has 3 aliphatic heterocycles. The van der Waals surface area contributed by atoms with Crippen LogP contribution in [0.5, 0.6) is 0 Å². The lowest BCUT2D eigenvalue weighted by Gasteiger charge is -2.42. The number of carbonyl (C=O) groups is 6. The summed E-state index contributed by atoms with van der Waals surface area (Å²) in [7, 11) is 0. The highest BCUT2D eigenvalue weighted by molar-refractivity contribution is 5.77. The van der Waals surface area contributed by atoms with Gasteiger partial charge in [0, 0.05) is 71.5 Å². The van der Waals surface area contributed by atoms with Crippen molar-refractivity contribution in [2.75, 3.05) is 178 Å². The van der Waals surface area contributed by atoms with Crippen LogP contribution in [0.25, 0.3) is 0 Å². The fraction of sp³-hybridized carbons (Fsp3) is 0.893. The predicted molar refractivity (Wildman–Crippen MR) is 311 cm³/mol. The van der Waals surface area contributed by atoms with Gasteiger partial charge in [-0.2, -0.15) is 0 Å². The monoisotopic (exact) mass is 1320 g/mol. The topological polar surface area (TPSA) is 475 Å². The smallest absolute Gasteiger partial charge is 0.222 e. The van der Waals surface area contributed by atoms with Crippen LogP contribution in [0.15, 0.2) is 0 Å². The van der Waals surface area contributed by atoms with E-state index >= 15 is 0 Å². The highest BCUT2D eigenvalue weighted by atomic mass is 16.7. The molecule has 0 radical (unpaired) electrons. The quantitative estimate of drug-likeness (QED) is 0.0252. The van der Waals surface area contributed by atoms with Crippen molar-refractivity contribution in [3.05, 3.63) is 0 Å². The average Bonchev–Trinajstić information content (AvgIpc) is 2.95. The van der Waals surface area contributed by atoms with Gasteiger partial charge in [-0.3, -0.25) is 28.8 Å². The Kier molecular flexibility index (Phi) is 42.6. The van der Waals surface area contributed by atoms with E-state index in [-0.39, 0.29) is 208 Å². The van der Waals surface area contributed by atoms with Crippen LogP contribution in [0.3, 0.4) is 0 Å². The molecule has 0 aliphatic carbocycles. The number of ether oxygens (including phenoxy) is 15. The molecular formula is C56H102N6O29. The zero-order valence-electron chi connectivity index (χ0n) is 52.7. The molecule has 35 heteroatoms. The van der Waals surface area contributed by atoms with Gasteiger partial charge in [-0.15, -0.1) is 0 Å². The Labute approximate surface area is 529 Å². The van der Waals surface area contributed by atoms with Crippen molar-refractivity contribution in [3.63, 3.8) is 0 Å². The molecular weight excluding hydrogens is 1220 g/mol. The van der Waals surface area contributed by atoms with E-state index in [4.69, 9.17) is 71.1 Å². The minimum Gasteiger partial charge on any atom is -0.394 e. The molecule has 91 heavy (non-hydrogen) atoms. The van der Waals surface area contributed by atoms with E-state index in [0.29, 0.717) is 0 Å². The molecule has 3 aliphatic rings. The zero-order valence-corrected chi connectivity index (χ0v) is 52.7. The van der Waals surface area contributed by atoms with Crippen LogP contribution in [0, 0.1) is 5.41 Å². The van der Waals surface area contributed by atoms with Gasteiger partial charge in [0.2, 0.25) is 35.4 Å². The average molecular weight is 1320 g/mol. The van der Waals surface area contributed by atoms with Crippen LogP contribution in [-0.4, -0.2) is 340 Å². The number of hydrogen-bond acceptors (Lipinski definition) is 29. The normalized spacial score (nSPS) is 26.5. The van der Waals surface area contributed by atoms with E-state index in [1.165, 1.54) is 20.8 Å². The second-order valence-corrected chi connectivity index (χ2v) is 21.8. The summed E-state index contributed by atoms with van der Waals surface area (Å²) in [5.74, 6) is -2.11. The third-order valence-corrected chi connectivity index (χ3v) is 13.8. The van der Waals surface area contributed by atoms with E-state index in [2.05, 4.69) is 31.9 Å². The lowest BCUT2D eigenvalue weighted by molar-refractivity contribution is -0.272. The SMILES string of the molecule is CC(=O)NC1CC(O)C(CO)OC1OCCOCCOCCNC(=O)CCOCC(C)(COCCC(=O)NCCOCCOCCOC1OC(CO)C(O)C(O)C1NC(C)=O)COCCC(=O)NCCOCCOCCOC1OC(CO)C(O)C(O)C1NC(C)=O. The predicted octanol–water partition coefficient (Wildman–Crippen LogP) is -7.43. The molecule has 0 aromatic heterocycles. The maximum absolute atomic E-state index is 12.6. The molecule has 14 atom stereocenters. The van der Waals surface area contributed by atoms with Crippen LogP contribution >= 0.6 is 0 Å². The van der Waals surface area contributed by atoms with Crippen molar-refractivity contribution in [2.24, 2.45) is 5.41 Å². The van der Waals surface area contributed by atoms with Crippen molar-refractivity contribution in [1.29, 1.82) is 0 Å². The lowest BCUT2D eigenvalue weighted by atomic mass is 9.94. The highest BCUT2D eigenvalue weighted by Gasteiger charge is 2.47. The second kappa shape index (κ2) is 47.7. The Morgan fingerprint density at radius 2 is 0.703 bits per heavy atom. The lowest BCUT2D eigenvalue weighted by Crippen LogP contribution is -2.64. The molecule has 0 aromatic rings. The number of carbonyl (C=O) groups excluding carboxylic acids is 6. The number of hydrogen-bond donors (Lipinski definition) is 14. The van der Waals surface area contributed by atoms with Crippen molar-refractivity contribution in [3.8, 4) is 0 Å².